The van der Waals surface area contributed by atoms with E-state index in [2.05, 4.69) is 15.3 Å². The van der Waals surface area contributed by atoms with Crippen molar-refractivity contribution in [1.82, 2.24) is 14.5 Å². The molecule has 2 heterocycles. The Morgan fingerprint density at radius 2 is 2.28 bits per heavy atom. The van der Waals surface area contributed by atoms with E-state index in [0.29, 0.717) is 12.4 Å². The van der Waals surface area contributed by atoms with Crippen LogP contribution >= 0.6 is 11.3 Å². The van der Waals surface area contributed by atoms with Gasteiger partial charge in [0, 0.05) is 37.2 Å². The van der Waals surface area contributed by atoms with Crippen LogP contribution in [0.2, 0.25) is 0 Å². The molecular weight excluding hydrogens is 252 g/mol. The number of thiazole rings is 1. The maximum Gasteiger partial charge on any atom is 0.329 e. The molecule has 7 heteroatoms. The maximum atomic E-state index is 11.4. The molecule has 0 spiro atoms. The van der Waals surface area contributed by atoms with Gasteiger partial charge in [0.15, 0.2) is 0 Å². The Balaban J connectivity index is 2.02. The molecule has 2 aromatic rings. The fourth-order valence-electron chi connectivity index (χ4n) is 1.54. The van der Waals surface area contributed by atoms with Crippen LogP contribution in [0.25, 0.3) is 0 Å². The number of rotatable bonds is 4. The van der Waals surface area contributed by atoms with Crippen molar-refractivity contribution in [2.75, 3.05) is 11.9 Å². The number of hydrogen-bond donors (Lipinski definition) is 2. The second-order valence-electron chi connectivity index (χ2n) is 3.92. The molecule has 0 aliphatic heterocycles. The number of H-pyrrole nitrogens is 1. The van der Waals surface area contributed by atoms with Crippen molar-refractivity contribution in [2.24, 2.45) is 7.05 Å². The summed E-state index contributed by atoms with van der Waals surface area (Å²) in [6, 6.07) is 1.37. The highest BCUT2D eigenvalue weighted by molar-refractivity contribution is 7.11. The van der Waals surface area contributed by atoms with Crippen molar-refractivity contribution < 1.29 is 0 Å². The predicted molar refractivity (Wildman–Crippen MR) is 71.3 cm³/mol. The van der Waals surface area contributed by atoms with Crippen molar-refractivity contribution in [2.45, 2.75) is 13.3 Å². The van der Waals surface area contributed by atoms with Gasteiger partial charge in [0.05, 0.1) is 5.01 Å². The van der Waals surface area contributed by atoms with Crippen molar-refractivity contribution in [1.29, 1.82) is 0 Å². The average Bonchev–Trinajstić information content (AvgIpc) is 2.71. The van der Waals surface area contributed by atoms with Crippen LogP contribution in [0.4, 0.5) is 5.82 Å². The molecule has 96 valence electrons. The van der Waals surface area contributed by atoms with Crippen LogP contribution in [0.15, 0.2) is 21.9 Å². The number of aryl methyl sites for hydroxylation is 1. The molecule has 2 aromatic heterocycles. The number of nitrogens with one attached hydrogen (secondary N) is 2. The van der Waals surface area contributed by atoms with Crippen LogP contribution in [-0.4, -0.2) is 21.1 Å². The summed E-state index contributed by atoms with van der Waals surface area (Å²) in [5.74, 6) is 0.511. The van der Waals surface area contributed by atoms with Gasteiger partial charge in [-0.3, -0.25) is 14.3 Å². The van der Waals surface area contributed by atoms with Gasteiger partial charge in [-0.15, -0.1) is 11.3 Å². The lowest BCUT2D eigenvalue weighted by atomic mass is 10.4. The first kappa shape index (κ1) is 12.6. The van der Waals surface area contributed by atoms with E-state index >= 15 is 0 Å². The summed E-state index contributed by atoms with van der Waals surface area (Å²) in [5.41, 5.74) is -0.819. The molecule has 0 unspecified atom stereocenters. The first-order chi connectivity index (χ1) is 8.56. The zero-order valence-corrected chi connectivity index (χ0v) is 11.0. The first-order valence-corrected chi connectivity index (χ1v) is 6.33. The van der Waals surface area contributed by atoms with Crippen LogP contribution in [0.5, 0.6) is 0 Å². The number of anilines is 1. The van der Waals surface area contributed by atoms with E-state index in [-0.39, 0.29) is 0 Å². The Morgan fingerprint density at radius 1 is 1.50 bits per heavy atom. The van der Waals surface area contributed by atoms with Gasteiger partial charge in [0.1, 0.15) is 5.82 Å². The molecule has 0 saturated carbocycles. The molecule has 6 nitrogen and oxygen atoms in total. The fraction of sp³-hybridized carbons (Fsp3) is 0.364. The van der Waals surface area contributed by atoms with Gasteiger partial charge in [0.2, 0.25) is 0 Å². The largest absolute Gasteiger partial charge is 0.371 e. The Morgan fingerprint density at radius 3 is 2.94 bits per heavy atom. The SMILES string of the molecule is Cc1cnc(CCNc2cc(=O)[nH]c(=O)n2C)s1. The van der Waals surface area contributed by atoms with Crippen molar-refractivity contribution in [3.8, 4) is 0 Å². The minimum Gasteiger partial charge on any atom is -0.371 e. The standard InChI is InChI=1S/C11H14N4O2S/c1-7-6-13-10(18-7)3-4-12-8-5-9(16)14-11(17)15(8)2/h5-6,12H,3-4H2,1-2H3,(H,14,16,17). The van der Waals surface area contributed by atoms with Crippen LogP contribution in [-0.2, 0) is 13.5 Å². The number of aromatic amines is 1. The average molecular weight is 266 g/mol. The molecule has 0 atom stereocenters. The molecular formula is C11H14N4O2S. The summed E-state index contributed by atoms with van der Waals surface area (Å²) in [6.45, 7) is 2.64. The second kappa shape index (κ2) is 5.18. The lowest BCUT2D eigenvalue weighted by Crippen LogP contribution is -2.30. The van der Waals surface area contributed by atoms with Crippen LogP contribution in [0, 0.1) is 6.92 Å². The van der Waals surface area contributed by atoms with Gasteiger partial charge >= 0.3 is 5.69 Å². The zero-order valence-electron chi connectivity index (χ0n) is 10.2. The first-order valence-electron chi connectivity index (χ1n) is 5.52. The summed E-state index contributed by atoms with van der Waals surface area (Å²) in [5, 5.41) is 4.10. The van der Waals surface area contributed by atoms with E-state index in [0.717, 1.165) is 11.4 Å². The van der Waals surface area contributed by atoms with Crippen LogP contribution < -0.4 is 16.6 Å². The Labute approximate surface area is 107 Å². The molecule has 0 aromatic carbocycles. The number of aromatic nitrogens is 3. The van der Waals surface area contributed by atoms with Gasteiger partial charge in [0.25, 0.3) is 5.56 Å². The molecule has 0 amide bonds. The molecule has 18 heavy (non-hydrogen) atoms. The summed E-state index contributed by atoms with van der Waals surface area (Å²) in [4.78, 5) is 30.1. The topological polar surface area (TPSA) is 79.8 Å². The summed E-state index contributed by atoms with van der Waals surface area (Å²) in [6.07, 6.45) is 2.60. The predicted octanol–water partition coefficient (Wildman–Crippen LogP) is 0.493. The third kappa shape index (κ3) is 2.86. The molecule has 2 N–H and O–H groups in total. The lowest BCUT2D eigenvalue weighted by Gasteiger charge is -2.08. The molecule has 0 saturated heterocycles. The number of nitrogens with zero attached hydrogens (tertiary/aromatic N) is 2. The highest BCUT2D eigenvalue weighted by Crippen LogP contribution is 2.11. The molecule has 0 aliphatic rings. The highest BCUT2D eigenvalue weighted by atomic mass is 32.1. The monoisotopic (exact) mass is 266 g/mol. The third-order valence-corrected chi connectivity index (χ3v) is 3.45. The Bertz CT molecular complexity index is 656. The van der Waals surface area contributed by atoms with E-state index in [1.807, 2.05) is 13.1 Å². The highest BCUT2D eigenvalue weighted by Gasteiger charge is 2.02. The van der Waals surface area contributed by atoms with Crippen molar-refractivity contribution in [3.05, 3.63) is 43.0 Å². The van der Waals surface area contributed by atoms with E-state index in [1.54, 1.807) is 18.4 Å². The van der Waals surface area contributed by atoms with E-state index in [9.17, 15) is 9.59 Å². The number of hydrogen-bond acceptors (Lipinski definition) is 5. The minimum absolute atomic E-state index is 0.398. The van der Waals surface area contributed by atoms with Crippen molar-refractivity contribution >= 4 is 17.2 Å². The smallest absolute Gasteiger partial charge is 0.329 e. The van der Waals surface area contributed by atoms with Gasteiger partial charge in [-0.2, -0.15) is 0 Å². The molecule has 2 rings (SSSR count). The van der Waals surface area contributed by atoms with Crippen LogP contribution in [0.1, 0.15) is 9.88 Å². The van der Waals surface area contributed by atoms with Gasteiger partial charge in [-0.25, -0.2) is 9.78 Å². The maximum absolute atomic E-state index is 11.4. The summed E-state index contributed by atoms with van der Waals surface area (Å²) < 4.78 is 1.37. The summed E-state index contributed by atoms with van der Waals surface area (Å²) >= 11 is 1.65. The van der Waals surface area contributed by atoms with Gasteiger partial charge in [-0.1, -0.05) is 0 Å². The van der Waals surface area contributed by atoms with E-state index in [4.69, 9.17) is 0 Å². The molecule has 0 fully saturated rings. The molecule has 0 radical (unpaired) electrons. The molecule has 0 bridgehead atoms. The van der Waals surface area contributed by atoms with E-state index < -0.39 is 11.2 Å². The third-order valence-electron chi connectivity index (χ3n) is 2.48. The fourth-order valence-corrected chi connectivity index (χ4v) is 2.33. The second-order valence-corrected chi connectivity index (χ2v) is 5.24. The van der Waals surface area contributed by atoms with Gasteiger partial charge < -0.3 is 5.32 Å². The Kier molecular flexibility index (Phi) is 3.61. The molecule has 0 aliphatic carbocycles. The summed E-state index contributed by atoms with van der Waals surface area (Å²) in [7, 11) is 1.61. The van der Waals surface area contributed by atoms with Crippen molar-refractivity contribution in [3.63, 3.8) is 0 Å². The quantitative estimate of drug-likeness (QED) is 0.844. The van der Waals surface area contributed by atoms with E-state index in [1.165, 1.54) is 15.5 Å². The van der Waals surface area contributed by atoms with Crippen LogP contribution in [0.3, 0.4) is 0 Å². The Hall–Kier alpha value is -1.89. The minimum atomic E-state index is -0.421. The normalized spacial score (nSPS) is 10.6. The van der Waals surface area contributed by atoms with Gasteiger partial charge in [-0.05, 0) is 6.92 Å². The lowest BCUT2D eigenvalue weighted by molar-refractivity contribution is 0.796. The zero-order chi connectivity index (χ0) is 13.1.